The Hall–Kier alpha value is -2.63. The Balaban J connectivity index is 1.95. The van der Waals surface area contributed by atoms with E-state index in [2.05, 4.69) is 4.72 Å². The van der Waals surface area contributed by atoms with Gasteiger partial charge in [-0.05, 0) is 42.7 Å². The van der Waals surface area contributed by atoms with Gasteiger partial charge in [-0.2, -0.15) is 16.5 Å². The largest absolute Gasteiger partial charge is 0.459 e. The minimum Gasteiger partial charge on any atom is -0.459 e. The topological polar surface area (TPSA) is 132 Å². The van der Waals surface area contributed by atoms with Gasteiger partial charge in [0, 0.05) is 0 Å². The predicted molar refractivity (Wildman–Crippen MR) is 106 cm³/mol. The number of benzene rings is 1. The Morgan fingerprint density at radius 3 is 2.48 bits per heavy atom. The van der Waals surface area contributed by atoms with E-state index in [1.165, 1.54) is 42.3 Å². The van der Waals surface area contributed by atoms with Crippen molar-refractivity contribution in [2.75, 3.05) is 18.6 Å². The van der Waals surface area contributed by atoms with E-state index >= 15 is 0 Å². The normalized spacial score (nSPS) is 12.2. The van der Waals surface area contributed by atoms with E-state index in [1.807, 2.05) is 11.6 Å². The summed E-state index contributed by atoms with van der Waals surface area (Å²) < 4.78 is 37.0. The van der Waals surface area contributed by atoms with E-state index in [0.29, 0.717) is 5.75 Å². The molecule has 2 amide bonds. The lowest BCUT2D eigenvalue weighted by Gasteiger charge is -2.17. The molecule has 2 aromatic rings. The van der Waals surface area contributed by atoms with Gasteiger partial charge in [0.1, 0.15) is 6.04 Å². The highest BCUT2D eigenvalue weighted by Gasteiger charge is 2.27. The highest BCUT2D eigenvalue weighted by molar-refractivity contribution is 7.98. The molecule has 0 radical (unpaired) electrons. The fraction of sp³-hybridized carbons (Fsp3) is 0.278. The first kappa shape index (κ1) is 22.7. The fourth-order valence-electron chi connectivity index (χ4n) is 2.18. The molecule has 1 unspecified atom stereocenters. The van der Waals surface area contributed by atoms with Gasteiger partial charge in [-0.15, -0.1) is 0 Å². The highest BCUT2D eigenvalue weighted by atomic mass is 32.2. The van der Waals surface area contributed by atoms with E-state index in [0.717, 1.165) is 0 Å². The number of esters is 1. The second kappa shape index (κ2) is 10.8. The first-order valence-electron chi connectivity index (χ1n) is 8.44. The lowest BCUT2D eigenvalue weighted by atomic mass is 10.2. The minimum atomic E-state index is -3.95. The molecule has 0 saturated heterocycles. The highest BCUT2D eigenvalue weighted by Crippen LogP contribution is 2.11. The molecule has 0 saturated carbocycles. The zero-order chi connectivity index (χ0) is 21.3. The number of imide groups is 1. The van der Waals surface area contributed by atoms with Gasteiger partial charge in [0.2, 0.25) is 10.0 Å². The summed E-state index contributed by atoms with van der Waals surface area (Å²) in [7, 11) is -3.95. The molecular formula is C18H20N2O7S2. The zero-order valence-electron chi connectivity index (χ0n) is 15.5. The van der Waals surface area contributed by atoms with Crippen LogP contribution < -0.4 is 10.0 Å². The van der Waals surface area contributed by atoms with Crippen LogP contribution in [0.4, 0.5) is 0 Å². The van der Waals surface area contributed by atoms with Crippen LogP contribution in [0.1, 0.15) is 17.0 Å². The molecule has 1 atom stereocenters. The van der Waals surface area contributed by atoms with Gasteiger partial charge in [0.15, 0.2) is 12.4 Å². The van der Waals surface area contributed by atoms with Gasteiger partial charge < -0.3 is 9.15 Å². The van der Waals surface area contributed by atoms with Gasteiger partial charge in [0.05, 0.1) is 11.2 Å². The number of furan rings is 1. The molecule has 1 aromatic heterocycles. The molecule has 0 aliphatic rings. The number of ether oxygens (including phenoxy) is 1. The maximum absolute atomic E-state index is 12.5. The Morgan fingerprint density at radius 2 is 1.86 bits per heavy atom. The molecule has 9 nitrogen and oxygen atoms in total. The number of carbonyl (C=O) groups is 3. The number of sulfonamides is 1. The molecule has 0 aliphatic carbocycles. The summed E-state index contributed by atoms with van der Waals surface area (Å²) in [6.45, 7) is -0.742. The van der Waals surface area contributed by atoms with Crippen LogP contribution in [0.3, 0.4) is 0 Å². The first-order chi connectivity index (χ1) is 13.8. The van der Waals surface area contributed by atoms with Crippen LogP contribution in [-0.4, -0.2) is 50.9 Å². The average molecular weight is 440 g/mol. The summed E-state index contributed by atoms with van der Waals surface area (Å²) in [6.07, 6.45) is 3.25. The van der Waals surface area contributed by atoms with Crippen molar-refractivity contribution in [1.29, 1.82) is 0 Å². The number of rotatable bonds is 10. The Morgan fingerprint density at radius 1 is 1.14 bits per heavy atom. The molecule has 11 heteroatoms. The second-order valence-corrected chi connectivity index (χ2v) is 8.43. The second-order valence-electron chi connectivity index (χ2n) is 5.73. The third-order valence-corrected chi connectivity index (χ3v) is 5.72. The van der Waals surface area contributed by atoms with Gasteiger partial charge in [-0.25, -0.2) is 8.42 Å². The summed E-state index contributed by atoms with van der Waals surface area (Å²) in [5.41, 5.74) is 0. The maximum Gasteiger partial charge on any atom is 0.324 e. The van der Waals surface area contributed by atoms with Crippen LogP contribution in [0.2, 0.25) is 0 Å². The van der Waals surface area contributed by atoms with Crippen LogP contribution in [0.25, 0.3) is 0 Å². The van der Waals surface area contributed by atoms with Gasteiger partial charge in [-0.3, -0.25) is 19.7 Å². The van der Waals surface area contributed by atoms with E-state index < -0.39 is 40.5 Å². The average Bonchev–Trinajstić information content (AvgIpc) is 3.25. The molecule has 0 spiro atoms. The number of amides is 2. The lowest BCUT2D eigenvalue weighted by Crippen LogP contribution is -2.43. The van der Waals surface area contributed by atoms with E-state index in [9.17, 15) is 22.8 Å². The zero-order valence-corrected chi connectivity index (χ0v) is 17.1. The number of thioether (sulfide) groups is 1. The van der Waals surface area contributed by atoms with E-state index in [4.69, 9.17) is 9.15 Å². The van der Waals surface area contributed by atoms with Crippen molar-refractivity contribution in [3.63, 3.8) is 0 Å². The van der Waals surface area contributed by atoms with Gasteiger partial charge in [0.25, 0.3) is 11.8 Å². The smallest absolute Gasteiger partial charge is 0.324 e. The van der Waals surface area contributed by atoms with Crippen molar-refractivity contribution in [2.45, 2.75) is 17.4 Å². The maximum atomic E-state index is 12.5. The molecule has 2 rings (SSSR count). The summed E-state index contributed by atoms with van der Waals surface area (Å²) in [5.74, 6) is -2.15. The third-order valence-electron chi connectivity index (χ3n) is 3.59. The molecule has 1 aromatic carbocycles. The van der Waals surface area contributed by atoms with Crippen molar-refractivity contribution in [1.82, 2.24) is 10.0 Å². The number of hydrogen-bond donors (Lipinski definition) is 2. The van der Waals surface area contributed by atoms with E-state index in [-0.39, 0.29) is 17.1 Å². The predicted octanol–water partition coefficient (Wildman–Crippen LogP) is 1.18. The lowest BCUT2D eigenvalue weighted by molar-refractivity contribution is -0.150. The van der Waals surface area contributed by atoms with Gasteiger partial charge in [-0.1, -0.05) is 18.2 Å². The number of carbonyl (C=O) groups excluding carboxylic acids is 3. The fourth-order valence-corrected chi connectivity index (χ4v) is 3.90. The monoisotopic (exact) mass is 440 g/mol. The Labute approximate surface area is 172 Å². The minimum absolute atomic E-state index is 0.00346. The summed E-state index contributed by atoms with van der Waals surface area (Å²) in [6, 6.07) is 9.25. The quantitative estimate of drug-likeness (QED) is 0.527. The van der Waals surface area contributed by atoms with Crippen LogP contribution in [0.15, 0.2) is 58.0 Å². The molecular weight excluding hydrogens is 420 g/mol. The van der Waals surface area contributed by atoms with Crippen molar-refractivity contribution < 1.29 is 32.0 Å². The molecule has 29 heavy (non-hydrogen) atoms. The molecule has 0 fully saturated rings. The third kappa shape index (κ3) is 7.04. The summed E-state index contributed by atoms with van der Waals surface area (Å²) >= 11 is 1.42. The Bertz CT molecular complexity index is 928. The molecule has 2 N–H and O–H groups in total. The summed E-state index contributed by atoms with van der Waals surface area (Å²) in [5, 5.41) is 2.00. The van der Waals surface area contributed by atoms with Crippen LogP contribution in [-0.2, 0) is 24.3 Å². The molecule has 0 aliphatic heterocycles. The molecule has 0 bridgehead atoms. The molecule has 156 valence electrons. The SMILES string of the molecule is CSCCC(NS(=O)(=O)c1ccccc1)C(=O)OCC(=O)NC(=O)c1ccco1. The standard InChI is InChI=1S/C18H20N2O7S2/c1-28-11-9-14(20-29(24,25)13-6-3-2-4-7-13)18(23)27-12-16(21)19-17(22)15-8-5-10-26-15/h2-8,10,14,20H,9,11-12H2,1H3,(H,19,21,22). The number of hydrogen-bond acceptors (Lipinski definition) is 8. The van der Waals surface area contributed by atoms with Crippen LogP contribution >= 0.6 is 11.8 Å². The van der Waals surface area contributed by atoms with Gasteiger partial charge >= 0.3 is 5.97 Å². The van der Waals surface area contributed by atoms with Crippen molar-refractivity contribution in [3.05, 3.63) is 54.5 Å². The van der Waals surface area contributed by atoms with Crippen molar-refractivity contribution in [3.8, 4) is 0 Å². The first-order valence-corrected chi connectivity index (χ1v) is 11.3. The van der Waals surface area contributed by atoms with Crippen LogP contribution in [0, 0.1) is 0 Å². The molecule has 1 heterocycles. The van der Waals surface area contributed by atoms with Crippen molar-refractivity contribution in [2.24, 2.45) is 0 Å². The Kier molecular flexibility index (Phi) is 8.43. The summed E-state index contributed by atoms with van der Waals surface area (Å²) in [4.78, 5) is 35.9. The van der Waals surface area contributed by atoms with Crippen LogP contribution in [0.5, 0.6) is 0 Å². The van der Waals surface area contributed by atoms with Crippen molar-refractivity contribution >= 4 is 39.6 Å². The number of nitrogens with one attached hydrogen (secondary N) is 2. The van der Waals surface area contributed by atoms with E-state index in [1.54, 1.807) is 18.2 Å².